The van der Waals surface area contributed by atoms with Gasteiger partial charge in [0.05, 0.1) is 12.0 Å². The number of rotatable bonds is 5. The molecule has 0 radical (unpaired) electrons. The standard InChI is InChI=1S/C23H23ClN4O/c24-20-13-14-21(27-26-20)28-15-7-12-19(16-28)23(29)25-22(17-8-3-1-4-9-17)18-10-5-2-6-11-18/h1-6,8-11,13-14,19,22H,7,12,15-16H2,(H,25,29)/t19-/m1/s1. The summed E-state index contributed by atoms with van der Waals surface area (Å²) in [7, 11) is 0. The van der Waals surface area contributed by atoms with E-state index in [2.05, 4.69) is 44.7 Å². The highest BCUT2D eigenvalue weighted by atomic mass is 35.5. The number of nitrogens with zero attached hydrogens (tertiary/aromatic N) is 3. The molecule has 1 atom stereocenters. The fourth-order valence-corrected chi connectivity index (χ4v) is 3.89. The second-order valence-electron chi connectivity index (χ2n) is 7.26. The molecule has 1 saturated heterocycles. The van der Waals surface area contributed by atoms with Gasteiger partial charge in [0.15, 0.2) is 11.0 Å². The number of hydrogen-bond acceptors (Lipinski definition) is 4. The number of piperidine rings is 1. The van der Waals surface area contributed by atoms with Gasteiger partial charge in [0.2, 0.25) is 5.91 Å². The Balaban J connectivity index is 1.50. The van der Waals surface area contributed by atoms with Crippen LogP contribution < -0.4 is 10.2 Å². The van der Waals surface area contributed by atoms with Crippen LogP contribution in [0.1, 0.15) is 30.0 Å². The average molecular weight is 407 g/mol. The van der Waals surface area contributed by atoms with E-state index in [9.17, 15) is 4.79 Å². The maximum absolute atomic E-state index is 13.2. The number of amides is 1. The van der Waals surface area contributed by atoms with E-state index in [0.29, 0.717) is 11.7 Å². The molecule has 0 spiro atoms. The summed E-state index contributed by atoms with van der Waals surface area (Å²) >= 11 is 5.85. The highest BCUT2D eigenvalue weighted by Gasteiger charge is 2.28. The monoisotopic (exact) mass is 406 g/mol. The number of carbonyl (C=O) groups is 1. The minimum absolute atomic E-state index is 0.0642. The van der Waals surface area contributed by atoms with Gasteiger partial charge in [-0.3, -0.25) is 4.79 Å². The van der Waals surface area contributed by atoms with Gasteiger partial charge in [0, 0.05) is 13.1 Å². The van der Waals surface area contributed by atoms with Crippen molar-refractivity contribution < 1.29 is 4.79 Å². The Bertz CT molecular complexity index is 895. The lowest BCUT2D eigenvalue weighted by molar-refractivity contribution is -0.125. The number of hydrogen-bond donors (Lipinski definition) is 1. The Morgan fingerprint density at radius 1 is 0.966 bits per heavy atom. The van der Waals surface area contributed by atoms with Crippen LogP contribution in [0.4, 0.5) is 5.82 Å². The summed E-state index contributed by atoms with van der Waals surface area (Å²) in [6.07, 6.45) is 1.80. The second-order valence-corrected chi connectivity index (χ2v) is 7.65. The summed E-state index contributed by atoms with van der Waals surface area (Å²) < 4.78 is 0. The maximum Gasteiger partial charge on any atom is 0.225 e. The number of aromatic nitrogens is 2. The highest BCUT2D eigenvalue weighted by molar-refractivity contribution is 6.29. The molecule has 148 valence electrons. The van der Waals surface area contributed by atoms with Crippen LogP contribution in [0.15, 0.2) is 72.8 Å². The molecule has 2 heterocycles. The predicted octanol–water partition coefficient (Wildman–Crippen LogP) is 4.25. The van der Waals surface area contributed by atoms with Gasteiger partial charge in [-0.2, -0.15) is 0 Å². The Kier molecular flexibility index (Phi) is 6.06. The van der Waals surface area contributed by atoms with Crippen LogP contribution in [0.25, 0.3) is 0 Å². The van der Waals surface area contributed by atoms with E-state index in [1.807, 2.05) is 42.5 Å². The van der Waals surface area contributed by atoms with Crippen molar-refractivity contribution in [2.45, 2.75) is 18.9 Å². The number of benzene rings is 2. The molecule has 4 rings (SSSR count). The molecule has 0 saturated carbocycles. The number of halogens is 1. The molecule has 0 bridgehead atoms. The molecule has 1 amide bonds. The first-order chi connectivity index (χ1) is 14.2. The molecule has 5 nitrogen and oxygen atoms in total. The number of anilines is 1. The van der Waals surface area contributed by atoms with Gasteiger partial charge in [-0.1, -0.05) is 72.3 Å². The first kappa shape index (κ1) is 19.4. The molecule has 1 aliphatic rings. The van der Waals surface area contributed by atoms with Crippen molar-refractivity contribution in [3.63, 3.8) is 0 Å². The van der Waals surface area contributed by atoms with E-state index in [4.69, 9.17) is 11.6 Å². The summed E-state index contributed by atoms with van der Waals surface area (Å²) in [5.74, 6) is 0.722. The van der Waals surface area contributed by atoms with Crippen molar-refractivity contribution in [1.82, 2.24) is 15.5 Å². The van der Waals surface area contributed by atoms with E-state index < -0.39 is 0 Å². The Morgan fingerprint density at radius 2 is 1.62 bits per heavy atom. The third-order valence-electron chi connectivity index (χ3n) is 5.29. The van der Waals surface area contributed by atoms with Crippen molar-refractivity contribution >= 4 is 23.3 Å². The molecule has 1 N–H and O–H groups in total. The summed E-state index contributed by atoms with van der Waals surface area (Å²) in [4.78, 5) is 15.3. The normalized spacial score (nSPS) is 16.6. The van der Waals surface area contributed by atoms with Crippen LogP contribution in [0, 0.1) is 5.92 Å². The van der Waals surface area contributed by atoms with Gasteiger partial charge in [0.1, 0.15) is 0 Å². The predicted molar refractivity (Wildman–Crippen MR) is 115 cm³/mol. The van der Waals surface area contributed by atoms with E-state index >= 15 is 0 Å². The van der Waals surface area contributed by atoms with Crippen LogP contribution in [-0.2, 0) is 4.79 Å². The first-order valence-corrected chi connectivity index (χ1v) is 10.2. The molecule has 29 heavy (non-hydrogen) atoms. The summed E-state index contributed by atoms with van der Waals surface area (Å²) in [5, 5.41) is 11.7. The van der Waals surface area contributed by atoms with Gasteiger partial charge >= 0.3 is 0 Å². The van der Waals surface area contributed by atoms with Crippen LogP contribution >= 0.6 is 11.6 Å². The Morgan fingerprint density at radius 3 is 2.21 bits per heavy atom. The van der Waals surface area contributed by atoms with Crippen LogP contribution in [-0.4, -0.2) is 29.2 Å². The third kappa shape index (κ3) is 4.74. The molecular weight excluding hydrogens is 384 g/mol. The molecule has 2 aromatic carbocycles. The SMILES string of the molecule is O=C(NC(c1ccccc1)c1ccccc1)[C@@H]1CCCN(c2ccc(Cl)nn2)C1. The largest absolute Gasteiger partial charge is 0.354 e. The molecule has 1 aliphatic heterocycles. The van der Waals surface area contributed by atoms with Gasteiger partial charge in [0.25, 0.3) is 0 Å². The maximum atomic E-state index is 13.2. The van der Waals surface area contributed by atoms with Gasteiger partial charge in [-0.05, 0) is 36.1 Å². The lowest BCUT2D eigenvalue weighted by Gasteiger charge is -2.33. The molecule has 1 fully saturated rings. The number of nitrogens with one attached hydrogen (secondary N) is 1. The molecular formula is C23H23ClN4O. The minimum atomic E-state index is -0.171. The molecule has 3 aromatic rings. The van der Waals surface area contributed by atoms with Crippen molar-refractivity contribution in [3.8, 4) is 0 Å². The van der Waals surface area contributed by atoms with Crippen molar-refractivity contribution in [1.29, 1.82) is 0 Å². The molecule has 1 aromatic heterocycles. The molecule has 0 unspecified atom stereocenters. The summed E-state index contributed by atoms with van der Waals surface area (Å²) in [5.41, 5.74) is 2.14. The second kappa shape index (κ2) is 9.05. The van der Waals surface area contributed by atoms with Crippen molar-refractivity contribution in [2.24, 2.45) is 5.92 Å². The lowest BCUT2D eigenvalue weighted by atomic mass is 9.94. The zero-order chi connectivity index (χ0) is 20.1. The Hall–Kier alpha value is -2.92. The fourth-order valence-electron chi connectivity index (χ4n) is 3.79. The Labute approximate surface area is 175 Å². The number of carbonyl (C=O) groups excluding carboxylic acids is 1. The van der Waals surface area contributed by atoms with Crippen LogP contribution in [0.2, 0.25) is 5.15 Å². The van der Waals surface area contributed by atoms with Gasteiger partial charge < -0.3 is 10.2 Å². The van der Waals surface area contributed by atoms with E-state index in [0.717, 1.165) is 36.3 Å². The molecule has 6 heteroatoms. The van der Waals surface area contributed by atoms with Crippen LogP contribution in [0.5, 0.6) is 0 Å². The first-order valence-electron chi connectivity index (χ1n) is 9.85. The fraction of sp³-hybridized carbons (Fsp3) is 0.261. The summed E-state index contributed by atoms with van der Waals surface area (Å²) in [6.45, 7) is 1.49. The minimum Gasteiger partial charge on any atom is -0.354 e. The van der Waals surface area contributed by atoms with Crippen LogP contribution in [0.3, 0.4) is 0 Å². The van der Waals surface area contributed by atoms with Gasteiger partial charge in [-0.15, -0.1) is 10.2 Å². The quantitative estimate of drug-likeness (QED) is 0.688. The zero-order valence-electron chi connectivity index (χ0n) is 16.0. The molecule has 0 aliphatic carbocycles. The van der Waals surface area contributed by atoms with E-state index in [1.165, 1.54) is 0 Å². The van der Waals surface area contributed by atoms with Crippen molar-refractivity contribution in [2.75, 3.05) is 18.0 Å². The topological polar surface area (TPSA) is 58.1 Å². The lowest BCUT2D eigenvalue weighted by Crippen LogP contribution is -2.44. The van der Waals surface area contributed by atoms with Crippen molar-refractivity contribution in [3.05, 3.63) is 89.1 Å². The smallest absolute Gasteiger partial charge is 0.225 e. The van der Waals surface area contributed by atoms with E-state index in [-0.39, 0.29) is 17.9 Å². The summed E-state index contributed by atoms with van der Waals surface area (Å²) in [6, 6.07) is 23.6. The highest BCUT2D eigenvalue weighted by Crippen LogP contribution is 2.25. The third-order valence-corrected chi connectivity index (χ3v) is 5.49. The van der Waals surface area contributed by atoms with E-state index in [1.54, 1.807) is 6.07 Å². The average Bonchev–Trinajstić information content (AvgIpc) is 2.79. The van der Waals surface area contributed by atoms with Gasteiger partial charge in [-0.25, -0.2) is 0 Å². The zero-order valence-corrected chi connectivity index (χ0v) is 16.8.